The Balaban J connectivity index is 2.06. The molecule has 2 aromatic rings. The predicted octanol–water partition coefficient (Wildman–Crippen LogP) is 2.18. The quantitative estimate of drug-likeness (QED) is 0.891. The van der Waals surface area contributed by atoms with E-state index in [0.717, 1.165) is 30.0 Å². The van der Waals surface area contributed by atoms with Crippen molar-refractivity contribution < 1.29 is 0 Å². The third-order valence-electron chi connectivity index (χ3n) is 3.10. The molecule has 0 spiro atoms. The number of rotatable bonds is 5. The van der Waals surface area contributed by atoms with E-state index in [-0.39, 0.29) is 6.04 Å². The van der Waals surface area contributed by atoms with Gasteiger partial charge in [0.1, 0.15) is 5.82 Å². The first-order chi connectivity index (χ1) is 9.18. The zero-order chi connectivity index (χ0) is 13.7. The van der Waals surface area contributed by atoms with Gasteiger partial charge in [-0.25, -0.2) is 4.98 Å². The smallest absolute Gasteiger partial charge is 0.133 e. The molecule has 0 radical (unpaired) electrons. The van der Waals surface area contributed by atoms with Gasteiger partial charge in [0, 0.05) is 49.7 Å². The van der Waals surface area contributed by atoms with Gasteiger partial charge in [-0.3, -0.25) is 4.98 Å². The summed E-state index contributed by atoms with van der Waals surface area (Å²) in [6.07, 6.45) is 4.52. The standard InChI is InChI=1S/C15H20N4/c1-12(16)14-7-5-10-18-15(14)19(2)11-8-13-6-3-4-9-17-13/h3-7,9-10,12H,8,11,16H2,1-2H3/t12-/m0/s1. The molecule has 1 atom stereocenters. The molecule has 100 valence electrons. The fourth-order valence-electron chi connectivity index (χ4n) is 2.02. The van der Waals surface area contributed by atoms with Gasteiger partial charge >= 0.3 is 0 Å². The number of pyridine rings is 2. The van der Waals surface area contributed by atoms with Crippen molar-refractivity contribution in [2.75, 3.05) is 18.5 Å². The number of nitrogens with zero attached hydrogens (tertiary/aromatic N) is 3. The third-order valence-corrected chi connectivity index (χ3v) is 3.10. The average Bonchev–Trinajstić information content (AvgIpc) is 2.46. The van der Waals surface area contributed by atoms with Gasteiger partial charge in [0.25, 0.3) is 0 Å². The number of likely N-dealkylation sites (N-methyl/N-ethyl adjacent to an activating group) is 1. The van der Waals surface area contributed by atoms with Crippen molar-refractivity contribution in [3.63, 3.8) is 0 Å². The van der Waals surface area contributed by atoms with Crippen LogP contribution in [0.15, 0.2) is 42.7 Å². The van der Waals surface area contributed by atoms with Gasteiger partial charge in [0.2, 0.25) is 0 Å². The number of nitrogens with two attached hydrogens (primary N) is 1. The molecular formula is C15H20N4. The molecule has 0 unspecified atom stereocenters. The van der Waals surface area contributed by atoms with Gasteiger partial charge in [-0.15, -0.1) is 0 Å². The molecule has 0 fully saturated rings. The van der Waals surface area contributed by atoms with E-state index in [1.165, 1.54) is 0 Å². The van der Waals surface area contributed by atoms with Crippen LogP contribution in [0.25, 0.3) is 0 Å². The summed E-state index contributed by atoms with van der Waals surface area (Å²) in [4.78, 5) is 10.9. The fraction of sp³-hybridized carbons (Fsp3) is 0.333. The zero-order valence-corrected chi connectivity index (χ0v) is 11.5. The molecule has 0 saturated heterocycles. The molecule has 0 saturated carbocycles. The number of hydrogen-bond acceptors (Lipinski definition) is 4. The second kappa shape index (κ2) is 6.29. The van der Waals surface area contributed by atoms with Crippen LogP contribution in [0.4, 0.5) is 5.82 Å². The summed E-state index contributed by atoms with van der Waals surface area (Å²) in [6, 6.07) is 9.93. The molecule has 4 nitrogen and oxygen atoms in total. The molecule has 2 rings (SSSR count). The van der Waals surface area contributed by atoms with E-state index in [2.05, 4.69) is 14.9 Å². The Morgan fingerprint density at radius 1 is 1.16 bits per heavy atom. The van der Waals surface area contributed by atoms with Crippen LogP contribution < -0.4 is 10.6 Å². The maximum atomic E-state index is 5.98. The lowest BCUT2D eigenvalue weighted by atomic mass is 10.1. The summed E-state index contributed by atoms with van der Waals surface area (Å²) in [5, 5.41) is 0. The molecule has 2 heterocycles. The van der Waals surface area contributed by atoms with E-state index in [1.54, 1.807) is 6.20 Å². The van der Waals surface area contributed by atoms with Crippen molar-refractivity contribution in [3.8, 4) is 0 Å². The van der Waals surface area contributed by atoms with Gasteiger partial charge < -0.3 is 10.6 Å². The second-order valence-corrected chi connectivity index (χ2v) is 4.70. The van der Waals surface area contributed by atoms with Crippen LogP contribution in [0, 0.1) is 0 Å². The minimum Gasteiger partial charge on any atom is -0.359 e. The van der Waals surface area contributed by atoms with Crippen molar-refractivity contribution in [2.45, 2.75) is 19.4 Å². The largest absolute Gasteiger partial charge is 0.359 e. The maximum Gasteiger partial charge on any atom is 0.133 e. The van der Waals surface area contributed by atoms with Gasteiger partial charge in [-0.05, 0) is 25.1 Å². The van der Waals surface area contributed by atoms with E-state index in [4.69, 9.17) is 5.73 Å². The van der Waals surface area contributed by atoms with Gasteiger partial charge in [-0.2, -0.15) is 0 Å². The van der Waals surface area contributed by atoms with Crippen LogP contribution in [0.5, 0.6) is 0 Å². The summed E-state index contributed by atoms with van der Waals surface area (Å²) in [5.74, 6) is 0.952. The van der Waals surface area contributed by atoms with Crippen LogP contribution >= 0.6 is 0 Å². The van der Waals surface area contributed by atoms with Gasteiger partial charge in [-0.1, -0.05) is 12.1 Å². The highest BCUT2D eigenvalue weighted by Gasteiger charge is 2.11. The topological polar surface area (TPSA) is 55.0 Å². The maximum absolute atomic E-state index is 5.98. The lowest BCUT2D eigenvalue weighted by molar-refractivity contribution is 0.779. The van der Waals surface area contributed by atoms with Gasteiger partial charge in [0.15, 0.2) is 0 Å². The van der Waals surface area contributed by atoms with Gasteiger partial charge in [0.05, 0.1) is 0 Å². The monoisotopic (exact) mass is 256 g/mol. The Kier molecular flexibility index (Phi) is 4.47. The van der Waals surface area contributed by atoms with E-state index >= 15 is 0 Å². The van der Waals surface area contributed by atoms with Crippen LogP contribution in [0.3, 0.4) is 0 Å². The molecule has 4 heteroatoms. The third kappa shape index (κ3) is 3.51. The highest BCUT2D eigenvalue weighted by atomic mass is 15.2. The first kappa shape index (κ1) is 13.5. The molecule has 0 bridgehead atoms. The Morgan fingerprint density at radius 3 is 2.63 bits per heavy atom. The molecule has 0 aliphatic rings. The minimum absolute atomic E-state index is 0.0130. The van der Waals surface area contributed by atoms with E-state index in [1.807, 2.05) is 50.5 Å². The lowest BCUT2D eigenvalue weighted by Crippen LogP contribution is -2.24. The number of anilines is 1. The Bertz CT molecular complexity index is 511. The second-order valence-electron chi connectivity index (χ2n) is 4.70. The lowest BCUT2D eigenvalue weighted by Gasteiger charge is -2.22. The van der Waals surface area contributed by atoms with E-state index in [9.17, 15) is 0 Å². The number of hydrogen-bond donors (Lipinski definition) is 1. The first-order valence-corrected chi connectivity index (χ1v) is 6.50. The summed E-state index contributed by atoms with van der Waals surface area (Å²) < 4.78 is 0. The molecule has 0 aliphatic heterocycles. The Morgan fingerprint density at radius 2 is 1.95 bits per heavy atom. The average molecular weight is 256 g/mol. The summed E-state index contributed by atoms with van der Waals surface area (Å²) in [6.45, 7) is 2.85. The molecule has 0 amide bonds. The van der Waals surface area contributed by atoms with Crippen molar-refractivity contribution in [2.24, 2.45) is 5.73 Å². The molecule has 2 aromatic heterocycles. The summed E-state index contributed by atoms with van der Waals surface area (Å²) in [5.41, 5.74) is 8.15. The Labute approximate surface area is 114 Å². The zero-order valence-electron chi connectivity index (χ0n) is 11.5. The van der Waals surface area contributed by atoms with Crippen LogP contribution in [-0.2, 0) is 6.42 Å². The van der Waals surface area contributed by atoms with Crippen LogP contribution in [0.2, 0.25) is 0 Å². The van der Waals surface area contributed by atoms with Crippen molar-refractivity contribution in [1.82, 2.24) is 9.97 Å². The number of aromatic nitrogens is 2. The summed E-state index contributed by atoms with van der Waals surface area (Å²) in [7, 11) is 2.04. The van der Waals surface area contributed by atoms with Crippen LogP contribution in [-0.4, -0.2) is 23.6 Å². The Hall–Kier alpha value is -1.94. The SMILES string of the molecule is C[C@H](N)c1cccnc1N(C)CCc1ccccn1. The predicted molar refractivity (Wildman–Crippen MR) is 78.1 cm³/mol. The normalized spacial score (nSPS) is 12.2. The van der Waals surface area contributed by atoms with Crippen molar-refractivity contribution >= 4 is 5.82 Å². The first-order valence-electron chi connectivity index (χ1n) is 6.50. The van der Waals surface area contributed by atoms with Crippen LogP contribution in [0.1, 0.15) is 24.2 Å². The molecule has 19 heavy (non-hydrogen) atoms. The van der Waals surface area contributed by atoms with E-state index < -0.39 is 0 Å². The van der Waals surface area contributed by atoms with E-state index in [0.29, 0.717) is 0 Å². The molecular weight excluding hydrogens is 236 g/mol. The highest BCUT2D eigenvalue weighted by Crippen LogP contribution is 2.21. The fourth-order valence-corrected chi connectivity index (χ4v) is 2.02. The van der Waals surface area contributed by atoms with Crippen molar-refractivity contribution in [3.05, 3.63) is 54.0 Å². The molecule has 2 N–H and O–H groups in total. The summed E-state index contributed by atoms with van der Waals surface area (Å²) >= 11 is 0. The van der Waals surface area contributed by atoms with Crippen molar-refractivity contribution in [1.29, 1.82) is 0 Å². The highest BCUT2D eigenvalue weighted by molar-refractivity contribution is 5.47. The minimum atomic E-state index is -0.0130. The molecule has 0 aromatic carbocycles. The molecule has 0 aliphatic carbocycles.